The van der Waals surface area contributed by atoms with Crippen LogP contribution in [0.5, 0.6) is 0 Å². The third-order valence-corrected chi connectivity index (χ3v) is 4.52. The van der Waals surface area contributed by atoms with Gasteiger partial charge < -0.3 is 4.90 Å². The van der Waals surface area contributed by atoms with E-state index in [1.807, 2.05) is 0 Å². The first kappa shape index (κ1) is 18.0. The standard InChI is InChI=1S/C21H32N2/c1-5-22(6-2)14-15-23(16-18(3)4)17-20-12-9-11-19-10-7-8-13-21(19)20/h7-13,18H,5-6,14-17H2,1-4H3. The molecule has 2 heteroatoms. The maximum Gasteiger partial charge on any atom is 0.0240 e. The van der Waals surface area contributed by atoms with E-state index in [2.05, 4.69) is 80.0 Å². The van der Waals surface area contributed by atoms with Gasteiger partial charge in [0.15, 0.2) is 0 Å². The number of rotatable bonds is 9. The van der Waals surface area contributed by atoms with Crippen LogP contribution in [0.4, 0.5) is 0 Å². The van der Waals surface area contributed by atoms with Crippen molar-refractivity contribution in [2.45, 2.75) is 34.2 Å². The van der Waals surface area contributed by atoms with Crippen molar-refractivity contribution in [1.82, 2.24) is 9.80 Å². The van der Waals surface area contributed by atoms with E-state index >= 15 is 0 Å². The van der Waals surface area contributed by atoms with Crippen LogP contribution >= 0.6 is 0 Å². The lowest BCUT2D eigenvalue weighted by Crippen LogP contribution is -2.36. The summed E-state index contributed by atoms with van der Waals surface area (Å²) in [4.78, 5) is 5.13. The maximum atomic E-state index is 2.62. The van der Waals surface area contributed by atoms with E-state index < -0.39 is 0 Å². The summed E-state index contributed by atoms with van der Waals surface area (Å²) in [6.07, 6.45) is 0. The Balaban J connectivity index is 2.12. The van der Waals surface area contributed by atoms with Crippen LogP contribution < -0.4 is 0 Å². The van der Waals surface area contributed by atoms with Crippen molar-refractivity contribution in [3.8, 4) is 0 Å². The Morgan fingerprint density at radius 1 is 0.826 bits per heavy atom. The maximum absolute atomic E-state index is 2.62. The van der Waals surface area contributed by atoms with E-state index in [1.165, 1.54) is 16.3 Å². The number of fused-ring (bicyclic) bond motifs is 1. The highest BCUT2D eigenvalue weighted by molar-refractivity contribution is 5.85. The van der Waals surface area contributed by atoms with E-state index in [0.717, 1.165) is 39.3 Å². The third kappa shape index (κ3) is 5.33. The molecule has 0 heterocycles. The van der Waals surface area contributed by atoms with Crippen LogP contribution in [0.25, 0.3) is 10.8 Å². The predicted octanol–water partition coefficient (Wildman–Crippen LogP) is 4.64. The molecule has 0 saturated carbocycles. The molecule has 0 amide bonds. The fourth-order valence-electron chi connectivity index (χ4n) is 3.25. The Hall–Kier alpha value is -1.38. The first-order valence-electron chi connectivity index (χ1n) is 9.05. The molecule has 0 unspecified atom stereocenters. The largest absolute Gasteiger partial charge is 0.303 e. The van der Waals surface area contributed by atoms with Crippen LogP contribution in [-0.2, 0) is 6.54 Å². The van der Waals surface area contributed by atoms with Crippen LogP contribution in [0.1, 0.15) is 33.3 Å². The summed E-state index contributed by atoms with van der Waals surface area (Å²) in [5.74, 6) is 0.696. The Morgan fingerprint density at radius 3 is 2.17 bits per heavy atom. The summed E-state index contributed by atoms with van der Waals surface area (Å²) in [7, 11) is 0. The second-order valence-electron chi connectivity index (χ2n) is 6.79. The second kappa shape index (κ2) is 9.05. The molecular weight excluding hydrogens is 280 g/mol. The Morgan fingerprint density at radius 2 is 1.48 bits per heavy atom. The molecule has 0 radical (unpaired) electrons. The van der Waals surface area contributed by atoms with Crippen LogP contribution in [0.2, 0.25) is 0 Å². The molecule has 23 heavy (non-hydrogen) atoms. The van der Waals surface area contributed by atoms with Gasteiger partial charge >= 0.3 is 0 Å². The van der Waals surface area contributed by atoms with Gasteiger partial charge in [-0.2, -0.15) is 0 Å². The summed E-state index contributed by atoms with van der Waals surface area (Å²) in [5, 5.41) is 2.74. The van der Waals surface area contributed by atoms with Crippen molar-refractivity contribution in [3.63, 3.8) is 0 Å². The van der Waals surface area contributed by atoms with Gasteiger partial charge in [-0.1, -0.05) is 70.2 Å². The molecule has 0 aliphatic carbocycles. The van der Waals surface area contributed by atoms with Crippen LogP contribution in [0, 0.1) is 5.92 Å². The normalized spacial score (nSPS) is 12.0. The van der Waals surface area contributed by atoms with E-state index in [1.54, 1.807) is 0 Å². The quantitative estimate of drug-likeness (QED) is 0.665. The van der Waals surface area contributed by atoms with E-state index in [0.29, 0.717) is 5.92 Å². The van der Waals surface area contributed by atoms with Crippen LogP contribution in [0.3, 0.4) is 0 Å². The van der Waals surface area contributed by atoms with Gasteiger partial charge in [-0.25, -0.2) is 0 Å². The van der Waals surface area contributed by atoms with Crippen molar-refractivity contribution in [3.05, 3.63) is 48.0 Å². The Bertz CT molecular complexity index is 582. The van der Waals surface area contributed by atoms with Gasteiger partial charge in [0.25, 0.3) is 0 Å². The zero-order valence-electron chi connectivity index (χ0n) is 15.3. The fraction of sp³-hybridized carbons (Fsp3) is 0.524. The van der Waals surface area contributed by atoms with Crippen molar-refractivity contribution >= 4 is 10.8 Å². The van der Waals surface area contributed by atoms with Crippen molar-refractivity contribution in [2.24, 2.45) is 5.92 Å². The summed E-state index contributed by atoms with van der Waals surface area (Å²) in [5.41, 5.74) is 1.45. The zero-order valence-corrected chi connectivity index (χ0v) is 15.3. The highest BCUT2D eigenvalue weighted by Gasteiger charge is 2.11. The molecule has 2 aromatic carbocycles. The first-order chi connectivity index (χ1) is 11.1. The smallest absolute Gasteiger partial charge is 0.0240 e. The molecule has 0 bridgehead atoms. The monoisotopic (exact) mass is 312 g/mol. The summed E-state index contributed by atoms with van der Waals surface area (Å²) in [6, 6.07) is 15.4. The molecule has 2 aromatic rings. The fourth-order valence-corrected chi connectivity index (χ4v) is 3.25. The summed E-state index contributed by atoms with van der Waals surface area (Å²) < 4.78 is 0. The van der Waals surface area contributed by atoms with Gasteiger partial charge in [0.1, 0.15) is 0 Å². The Labute approximate surface area is 142 Å². The van der Waals surface area contributed by atoms with E-state index in [-0.39, 0.29) is 0 Å². The van der Waals surface area contributed by atoms with Crippen molar-refractivity contribution < 1.29 is 0 Å². The second-order valence-corrected chi connectivity index (χ2v) is 6.79. The molecule has 126 valence electrons. The molecule has 0 atom stereocenters. The molecule has 0 saturated heterocycles. The average molecular weight is 313 g/mol. The number of hydrogen-bond acceptors (Lipinski definition) is 2. The lowest BCUT2D eigenvalue weighted by Gasteiger charge is -2.28. The molecule has 0 aliphatic rings. The van der Waals surface area contributed by atoms with E-state index in [9.17, 15) is 0 Å². The average Bonchev–Trinajstić information content (AvgIpc) is 2.55. The van der Waals surface area contributed by atoms with Gasteiger partial charge in [0, 0.05) is 26.2 Å². The van der Waals surface area contributed by atoms with Gasteiger partial charge in [-0.05, 0) is 35.3 Å². The minimum Gasteiger partial charge on any atom is -0.303 e. The minimum absolute atomic E-state index is 0.696. The summed E-state index contributed by atoms with van der Waals surface area (Å²) in [6.45, 7) is 15.9. The molecule has 2 rings (SSSR count). The molecular formula is C21H32N2. The van der Waals surface area contributed by atoms with Crippen molar-refractivity contribution in [2.75, 3.05) is 32.7 Å². The number of hydrogen-bond donors (Lipinski definition) is 0. The third-order valence-electron chi connectivity index (χ3n) is 4.52. The lowest BCUT2D eigenvalue weighted by atomic mass is 10.0. The van der Waals surface area contributed by atoms with E-state index in [4.69, 9.17) is 0 Å². The summed E-state index contributed by atoms with van der Waals surface area (Å²) >= 11 is 0. The van der Waals surface area contributed by atoms with Gasteiger partial charge in [-0.3, -0.25) is 4.90 Å². The van der Waals surface area contributed by atoms with Crippen molar-refractivity contribution in [1.29, 1.82) is 0 Å². The number of nitrogens with zero attached hydrogens (tertiary/aromatic N) is 2. The predicted molar refractivity (Wildman–Crippen MR) is 102 cm³/mol. The molecule has 2 nitrogen and oxygen atoms in total. The zero-order chi connectivity index (χ0) is 16.7. The molecule has 0 fully saturated rings. The van der Waals surface area contributed by atoms with Gasteiger partial charge in [0.2, 0.25) is 0 Å². The topological polar surface area (TPSA) is 6.48 Å². The number of likely N-dealkylation sites (N-methyl/N-ethyl adjacent to an activating group) is 1. The highest BCUT2D eigenvalue weighted by atomic mass is 15.2. The van der Waals surface area contributed by atoms with Crippen LogP contribution in [-0.4, -0.2) is 42.5 Å². The number of benzene rings is 2. The molecule has 0 aliphatic heterocycles. The molecule has 0 spiro atoms. The molecule has 0 N–H and O–H groups in total. The van der Waals surface area contributed by atoms with Gasteiger partial charge in [-0.15, -0.1) is 0 Å². The Kier molecular flexibility index (Phi) is 7.07. The molecule has 0 aromatic heterocycles. The SMILES string of the molecule is CCN(CC)CCN(Cc1cccc2ccccc12)CC(C)C. The minimum atomic E-state index is 0.696. The first-order valence-corrected chi connectivity index (χ1v) is 9.05. The highest BCUT2D eigenvalue weighted by Crippen LogP contribution is 2.20. The van der Waals surface area contributed by atoms with Crippen LogP contribution in [0.15, 0.2) is 42.5 Å². The lowest BCUT2D eigenvalue weighted by molar-refractivity contribution is 0.192. The van der Waals surface area contributed by atoms with Gasteiger partial charge in [0.05, 0.1) is 0 Å².